The van der Waals surface area contributed by atoms with E-state index in [4.69, 9.17) is 5.11 Å². The van der Waals surface area contributed by atoms with E-state index in [1.54, 1.807) is 16.4 Å². The largest absolute Gasteiger partial charge is 0.396 e. The van der Waals surface area contributed by atoms with E-state index in [1.807, 2.05) is 19.1 Å². The van der Waals surface area contributed by atoms with Crippen molar-refractivity contribution in [3.63, 3.8) is 0 Å². The molecule has 5 heteroatoms. The second-order valence-electron chi connectivity index (χ2n) is 6.44. The standard InChI is InChI=1S/C17H27NO3S/c1-3-17(11-5-13-19)10-4-12-18(14-17)22(20,21)16-8-6-15(2)7-9-16/h6-9,19H,3-5,10-14H2,1-2H3/t17-/m1/s1. The van der Waals surface area contributed by atoms with E-state index >= 15 is 0 Å². The maximum absolute atomic E-state index is 12.9. The van der Waals surface area contributed by atoms with Crippen LogP contribution in [0, 0.1) is 12.3 Å². The van der Waals surface area contributed by atoms with E-state index in [-0.39, 0.29) is 12.0 Å². The summed E-state index contributed by atoms with van der Waals surface area (Å²) in [6.45, 7) is 5.41. The van der Waals surface area contributed by atoms with Crippen molar-refractivity contribution < 1.29 is 13.5 Å². The molecule has 1 atom stereocenters. The molecule has 0 aliphatic carbocycles. The highest BCUT2D eigenvalue weighted by Gasteiger charge is 2.38. The summed E-state index contributed by atoms with van der Waals surface area (Å²) in [6.07, 6.45) is 4.52. The number of aryl methyl sites for hydroxylation is 1. The summed E-state index contributed by atoms with van der Waals surface area (Å²) in [5.41, 5.74) is 1.07. The molecule has 0 unspecified atom stereocenters. The SMILES string of the molecule is CC[C@]1(CCCO)CCCN(S(=O)(=O)c2ccc(C)cc2)C1. The molecule has 1 aromatic carbocycles. The third-order valence-corrected chi connectivity index (χ3v) is 6.76. The molecule has 22 heavy (non-hydrogen) atoms. The minimum Gasteiger partial charge on any atom is -0.396 e. The van der Waals surface area contributed by atoms with Gasteiger partial charge in [-0.25, -0.2) is 8.42 Å². The van der Waals surface area contributed by atoms with E-state index in [2.05, 4.69) is 6.92 Å². The Morgan fingerprint density at radius 2 is 1.95 bits per heavy atom. The quantitative estimate of drug-likeness (QED) is 0.875. The molecular weight excluding hydrogens is 298 g/mol. The van der Waals surface area contributed by atoms with Crippen LogP contribution in [-0.2, 0) is 10.0 Å². The number of hydrogen-bond donors (Lipinski definition) is 1. The smallest absolute Gasteiger partial charge is 0.243 e. The van der Waals surface area contributed by atoms with Crippen molar-refractivity contribution in [2.75, 3.05) is 19.7 Å². The van der Waals surface area contributed by atoms with Gasteiger partial charge < -0.3 is 5.11 Å². The van der Waals surface area contributed by atoms with Gasteiger partial charge in [0, 0.05) is 19.7 Å². The number of aliphatic hydroxyl groups excluding tert-OH is 1. The molecule has 1 N–H and O–H groups in total. The molecule has 0 spiro atoms. The van der Waals surface area contributed by atoms with Gasteiger partial charge in [-0.15, -0.1) is 0 Å². The van der Waals surface area contributed by atoms with Crippen molar-refractivity contribution >= 4 is 10.0 Å². The zero-order chi connectivity index (χ0) is 16.2. The number of sulfonamides is 1. The summed E-state index contributed by atoms with van der Waals surface area (Å²) in [5.74, 6) is 0. The molecule has 1 fully saturated rings. The van der Waals surface area contributed by atoms with Crippen LogP contribution in [0.5, 0.6) is 0 Å². The van der Waals surface area contributed by atoms with Crippen LogP contribution in [0.2, 0.25) is 0 Å². The fraction of sp³-hybridized carbons (Fsp3) is 0.647. The highest BCUT2D eigenvalue weighted by molar-refractivity contribution is 7.89. The molecule has 1 aliphatic rings. The molecule has 1 aliphatic heterocycles. The Kier molecular flexibility index (Phi) is 5.64. The number of benzene rings is 1. The molecule has 1 aromatic rings. The Bertz CT molecular complexity index is 582. The molecule has 1 saturated heterocycles. The van der Waals surface area contributed by atoms with Crippen LogP contribution in [0.4, 0.5) is 0 Å². The van der Waals surface area contributed by atoms with Crippen molar-refractivity contribution in [3.8, 4) is 0 Å². The van der Waals surface area contributed by atoms with Crippen molar-refractivity contribution in [1.29, 1.82) is 0 Å². The maximum atomic E-state index is 12.9. The predicted octanol–water partition coefficient (Wildman–Crippen LogP) is 2.95. The number of aliphatic hydroxyl groups is 1. The molecule has 0 saturated carbocycles. The normalized spacial score (nSPS) is 23.6. The third kappa shape index (κ3) is 3.70. The monoisotopic (exact) mass is 325 g/mol. The second kappa shape index (κ2) is 7.11. The average molecular weight is 325 g/mol. The van der Waals surface area contributed by atoms with Gasteiger partial charge in [0.1, 0.15) is 0 Å². The Morgan fingerprint density at radius 3 is 2.55 bits per heavy atom. The van der Waals surface area contributed by atoms with Crippen LogP contribution in [-0.4, -0.2) is 37.5 Å². The van der Waals surface area contributed by atoms with E-state index in [0.29, 0.717) is 18.0 Å². The van der Waals surface area contributed by atoms with Crippen LogP contribution in [0.25, 0.3) is 0 Å². The summed E-state index contributed by atoms with van der Waals surface area (Å²) in [7, 11) is -3.41. The lowest BCUT2D eigenvalue weighted by Crippen LogP contribution is -2.45. The average Bonchev–Trinajstić information content (AvgIpc) is 2.53. The molecule has 0 amide bonds. The van der Waals surface area contributed by atoms with E-state index in [9.17, 15) is 8.42 Å². The fourth-order valence-corrected chi connectivity index (χ4v) is 4.94. The van der Waals surface area contributed by atoms with Crippen molar-refractivity contribution in [1.82, 2.24) is 4.31 Å². The Morgan fingerprint density at radius 1 is 1.27 bits per heavy atom. The summed E-state index contributed by atoms with van der Waals surface area (Å²) >= 11 is 0. The third-order valence-electron chi connectivity index (χ3n) is 4.90. The van der Waals surface area contributed by atoms with Gasteiger partial charge in [0.2, 0.25) is 10.0 Å². The lowest BCUT2D eigenvalue weighted by Gasteiger charge is -2.42. The van der Waals surface area contributed by atoms with Gasteiger partial charge in [-0.2, -0.15) is 4.31 Å². The van der Waals surface area contributed by atoms with Crippen LogP contribution >= 0.6 is 0 Å². The molecule has 124 valence electrons. The van der Waals surface area contributed by atoms with E-state index in [0.717, 1.165) is 37.7 Å². The van der Waals surface area contributed by atoms with Crippen LogP contribution in [0.1, 0.15) is 44.6 Å². The first kappa shape index (κ1) is 17.4. The molecule has 4 nitrogen and oxygen atoms in total. The topological polar surface area (TPSA) is 57.6 Å². The molecule has 1 heterocycles. The zero-order valence-electron chi connectivity index (χ0n) is 13.6. The van der Waals surface area contributed by atoms with Crippen LogP contribution in [0.15, 0.2) is 29.2 Å². The van der Waals surface area contributed by atoms with E-state index in [1.165, 1.54) is 0 Å². The fourth-order valence-electron chi connectivity index (χ4n) is 3.35. The zero-order valence-corrected chi connectivity index (χ0v) is 14.4. The summed E-state index contributed by atoms with van der Waals surface area (Å²) in [4.78, 5) is 0.382. The minimum absolute atomic E-state index is 0.0126. The van der Waals surface area contributed by atoms with Gasteiger partial charge in [-0.1, -0.05) is 24.6 Å². The molecular formula is C17H27NO3S. The second-order valence-corrected chi connectivity index (χ2v) is 8.37. The highest BCUT2D eigenvalue weighted by Crippen LogP contribution is 2.39. The van der Waals surface area contributed by atoms with Crippen molar-refractivity contribution in [3.05, 3.63) is 29.8 Å². The lowest BCUT2D eigenvalue weighted by atomic mass is 9.75. The predicted molar refractivity (Wildman–Crippen MR) is 88.2 cm³/mol. The van der Waals surface area contributed by atoms with Crippen molar-refractivity contribution in [2.24, 2.45) is 5.41 Å². The molecule has 0 aromatic heterocycles. The molecule has 2 rings (SSSR count). The Hall–Kier alpha value is -0.910. The van der Waals surface area contributed by atoms with Gasteiger partial charge in [0.25, 0.3) is 0 Å². The van der Waals surface area contributed by atoms with Crippen molar-refractivity contribution in [2.45, 2.75) is 50.8 Å². The summed E-state index contributed by atoms with van der Waals surface area (Å²) in [5, 5.41) is 9.10. The molecule has 0 bridgehead atoms. The Balaban J connectivity index is 2.22. The first-order valence-corrected chi connectivity index (χ1v) is 9.55. The number of piperidine rings is 1. The Labute approximate surface area is 134 Å². The van der Waals surface area contributed by atoms with Gasteiger partial charge in [0.05, 0.1) is 4.90 Å². The van der Waals surface area contributed by atoms with Gasteiger partial charge in [-0.3, -0.25) is 0 Å². The number of rotatable bonds is 6. The summed E-state index contributed by atoms with van der Waals surface area (Å²) in [6, 6.07) is 7.08. The van der Waals surface area contributed by atoms with E-state index < -0.39 is 10.0 Å². The first-order chi connectivity index (χ1) is 10.4. The first-order valence-electron chi connectivity index (χ1n) is 8.11. The van der Waals surface area contributed by atoms with Gasteiger partial charge in [-0.05, 0) is 56.6 Å². The van der Waals surface area contributed by atoms with Gasteiger partial charge >= 0.3 is 0 Å². The highest BCUT2D eigenvalue weighted by atomic mass is 32.2. The lowest BCUT2D eigenvalue weighted by molar-refractivity contribution is 0.115. The minimum atomic E-state index is -3.41. The van der Waals surface area contributed by atoms with Crippen LogP contribution < -0.4 is 0 Å². The number of hydrogen-bond acceptors (Lipinski definition) is 3. The number of nitrogens with zero attached hydrogens (tertiary/aromatic N) is 1. The summed E-state index contributed by atoms with van der Waals surface area (Å²) < 4.78 is 27.3. The van der Waals surface area contributed by atoms with Crippen LogP contribution in [0.3, 0.4) is 0 Å². The maximum Gasteiger partial charge on any atom is 0.243 e. The molecule has 0 radical (unpaired) electrons. The van der Waals surface area contributed by atoms with Gasteiger partial charge in [0.15, 0.2) is 0 Å².